The Morgan fingerprint density at radius 3 is 2.59 bits per heavy atom. The Morgan fingerprint density at radius 1 is 1.05 bits per heavy atom. The van der Waals surface area contributed by atoms with E-state index in [-0.39, 0.29) is 0 Å². The molecule has 0 aliphatic heterocycles. The molecular weight excluding hydrogens is 290 g/mol. The van der Waals surface area contributed by atoms with Gasteiger partial charge in [-0.2, -0.15) is 0 Å². The summed E-state index contributed by atoms with van der Waals surface area (Å²) in [5.74, 6) is 0. The van der Waals surface area contributed by atoms with Crippen LogP contribution in [-0.4, -0.2) is 9.97 Å². The fraction of sp³-hybridized carbons (Fsp3) is 0.333. The van der Waals surface area contributed by atoms with Crippen molar-refractivity contribution in [2.24, 2.45) is 0 Å². The van der Waals surface area contributed by atoms with E-state index in [1.807, 2.05) is 0 Å². The first-order chi connectivity index (χ1) is 10.6. The standard InChI is InChI=1S/C18H19N3S/c1-10-7-13-15(8-11(10)2)20-14-6-4-3-5-12(14)17(13)16-9-22-18(19)21-16/h7-9H,3-6H2,1-2H3,(H2,19,21). The molecule has 3 aromatic rings. The van der Waals surface area contributed by atoms with Crippen molar-refractivity contribution in [3.63, 3.8) is 0 Å². The SMILES string of the molecule is Cc1cc2nc3c(c(-c4csc(N)n4)c2cc1C)CCCC3. The highest BCUT2D eigenvalue weighted by molar-refractivity contribution is 7.13. The normalized spacial score (nSPS) is 14.3. The maximum Gasteiger partial charge on any atom is 0.180 e. The minimum absolute atomic E-state index is 0.633. The van der Waals surface area contributed by atoms with Crippen molar-refractivity contribution in [1.29, 1.82) is 0 Å². The molecule has 0 fully saturated rings. The molecule has 22 heavy (non-hydrogen) atoms. The fourth-order valence-corrected chi connectivity index (χ4v) is 3.93. The lowest BCUT2D eigenvalue weighted by molar-refractivity contribution is 0.672. The summed E-state index contributed by atoms with van der Waals surface area (Å²) >= 11 is 1.51. The van der Waals surface area contributed by atoms with Crippen LogP contribution in [0.25, 0.3) is 22.2 Å². The van der Waals surface area contributed by atoms with Crippen LogP contribution >= 0.6 is 11.3 Å². The number of pyridine rings is 1. The summed E-state index contributed by atoms with van der Waals surface area (Å²) < 4.78 is 0. The number of hydrogen-bond donors (Lipinski definition) is 1. The fourth-order valence-electron chi connectivity index (χ4n) is 3.38. The highest BCUT2D eigenvalue weighted by Gasteiger charge is 2.21. The van der Waals surface area contributed by atoms with Crippen LogP contribution < -0.4 is 5.73 Å². The highest BCUT2D eigenvalue weighted by atomic mass is 32.1. The van der Waals surface area contributed by atoms with Crippen LogP contribution in [0, 0.1) is 13.8 Å². The highest BCUT2D eigenvalue weighted by Crippen LogP contribution is 2.38. The van der Waals surface area contributed by atoms with E-state index in [0.717, 1.165) is 24.1 Å². The first-order valence-electron chi connectivity index (χ1n) is 7.77. The number of rotatable bonds is 1. The monoisotopic (exact) mass is 309 g/mol. The second-order valence-electron chi connectivity index (χ2n) is 6.14. The summed E-state index contributed by atoms with van der Waals surface area (Å²) in [7, 11) is 0. The lowest BCUT2D eigenvalue weighted by Crippen LogP contribution is -2.08. The van der Waals surface area contributed by atoms with Gasteiger partial charge < -0.3 is 5.73 Å². The van der Waals surface area contributed by atoms with Crippen molar-refractivity contribution in [2.45, 2.75) is 39.5 Å². The van der Waals surface area contributed by atoms with Gasteiger partial charge in [0.1, 0.15) is 0 Å². The Hall–Kier alpha value is -1.94. The van der Waals surface area contributed by atoms with Crippen molar-refractivity contribution in [3.8, 4) is 11.3 Å². The number of hydrogen-bond acceptors (Lipinski definition) is 4. The second-order valence-corrected chi connectivity index (χ2v) is 7.03. The molecule has 4 rings (SSSR count). The number of fused-ring (bicyclic) bond motifs is 2. The predicted octanol–water partition coefficient (Wildman–Crippen LogP) is 4.44. The van der Waals surface area contributed by atoms with E-state index < -0.39 is 0 Å². The van der Waals surface area contributed by atoms with E-state index in [2.05, 4.69) is 36.3 Å². The summed E-state index contributed by atoms with van der Waals surface area (Å²) in [6, 6.07) is 4.47. The third kappa shape index (κ3) is 2.10. The Bertz CT molecular complexity index is 880. The molecule has 3 nitrogen and oxygen atoms in total. The van der Waals surface area contributed by atoms with E-state index in [9.17, 15) is 0 Å². The summed E-state index contributed by atoms with van der Waals surface area (Å²) in [6.07, 6.45) is 4.63. The molecule has 4 heteroatoms. The molecule has 0 unspecified atom stereocenters. The summed E-state index contributed by atoms with van der Waals surface area (Å²) in [5.41, 5.74) is 14.5. The zero-order valence-electron chi connectivity index (χ0n) is 12.9. The molecule has 1 aliphatic rings. The first-order valence-corrected chi connectivity index (χ1v) is 8.65. The Balaban J connectivity index is 2.11. The van der Waals surface area contributed by atoms with Crippen molar-refractivity contribution in [1.82, 2.24) is 9.97 Å². The van der Waals surface area contributed by atoms with Crippen molar-refractivity contribution < 1.29 is 0 Å². The third-order valence-corrected chi connectivity index (χ3v) is 5.33. The maximum atomic E-state index is 5.88. The number of aromatic nitrogens is 2. The zero-order valence-corrected chi connectivity index (χ0v) is 13.8. The molecule has 0 radical (unpaired) electrons. The Kier molecular flexibility index (Phi) is 3.15. The average Bonchev–Trinajstić information content (AvgIpc) is 2.92. The molecule has 2 aromatic heterocycles. The first kappa shape index (κ1) is 13.7. The van der Waals surface area contributed by atoms with Gasteiger partial charge in [0, 0.05) is 22.0 Å². The number of aryl methyl sites for hydroxylation is 3. The molecule has 1 aromatic carbocycles. The van der Waals surface area contributed by atoms with Gasteiger partial charge in [-0.1, -0.05) is 0 Å². The molecule has 0 bridgehead atoms. The van der Waals surface area contributed by atoms with E-state index >= 15 is 0 Å². The second kappa shape index (κ2) is 5.06. The minimum atomic E-state index is 0.633. The van der Waals surface area contributed by atoms with Crippen LogP contribution in [0.2, 0.25) is 0 Å². The number of nitrogens with zero attached hydrogens (tertiary/aromatic N) is 2. The van der Waals surface area contributed by atoms with Crippen LogP contribution in [0.15, 0.2) is 17.5 Å². The van der Waals surface area contributed by atoms with Crippen molar-refractivity contribution in [2.75, 3.05) is 5.73 Å². The molecule has 0 atom stereocenters. The smallest absolute Gasteiger partial charge is 0.180 e. The number of anilines is 1. The van der Waals surface area contributed by atoms with Crippen LogP contribution in [0.5, 0.6) is 0 Å². The third-order valence-electron chi connectivity index (χ3n) is 4.66. The van der Waals surface area contributed by atoms with Gasteiger partial charge >= 0.3 is 0 Å². The summed E-state index contributed by atoms with van der Waals surface area (Å²) in [6.45, 7) is 4.31. The van der Waals surface area contributed by atoms with Gasteiger partial charge in [-0.05, 0) is 68.4 Å². The molecule has 0 amide bonds. The van der Waals surface area contributed by atoms with Gasteiger partial charge in [-0.15, -0.1) is 11.3 Å². The van der Waals surface area contributed by atoms with Gasteiger partial charge in [0.15, 0.2) is 5.13 Å². The van der Waals surface area contributed by atoms with Crippen LogP contribution in [0.1, 0.15) is 35.2 Å². The lowest BCUT2D eigenvalue weighted by Gasteiger charge is -2.20. The van der Waals surface area contributed by atoms with E-state index in [4.69, 9.17) is 10.7 Å². The van der Waals surface area contributed by atoms with Crippen LogP contribution in [0.3, 0.4) is 0 Å². The largest absolute Gasteiger partial charge is 0.375 e. The Morgan fingerprint density at radius 2 is 1.82 bits per heavy atom. The number of nitrogen functional groups attached to an aromatic ring is 1. The van der Waals surface area contributed by atoms with E-state index in [0.29, 0.717) is 5.13 Å². The van der Waals surface area contributed by atoms with E-state index in [1.54, 1.807) is 0 Å². The molecule has 2 heterocycles. The zero-order chi connectivity index (χ0) is 15.3. The molecule has 0 spiro atoms. The molecular formula is C18H19N3S. The maximum absolute atomic E-state index is 5.88. The molecule has 0 saturated heterocycles. The van der Waals surface area contributed by atoms with E-state index in [1.165, 1.54) is 57.5 Å². The van der Waals surface area contributed by atoms with Crippen molar-refractivity contribution >= 4 is 27.4 Å². The number of nitrogens with two attached hydrogens (primary N) is 1. The van der Waals surface area contributed by atoms with Gasteiger partial charge in [0.25, 0.3) is 0 Å². The summed E-state index contributed by atoms with van der Waals surface area (Å²) in [4.78, 5) is 9.51. The lowest BCUT2D eigenvalue weighted by atomic mass is 9.88. The molecule has 112 valence electrons. The van der Waals surface area contributed by atoms with Crippen LogP contribution in [-0.2, 0) is 12.8 Å². The van der Waals surface area contributed by atoms with Gasteiger partial charge in [-0.25, -0.2) is 4.98 Å². The number of benzene rings is 1. The van der Waals surface area contributed by atoms with Gasteiger partial charge in [0.05, 0.1) is 11.2 Å². The van der Waals surface area contributed by atoms with Gasteiger partial charge in [-0.3, -0.25) is 4.98 Å². The van der Waals surface area contributed by atoms with Gasteiger partial charge in [0.2, 0.25) is 0 Å². The Labute approximate surface area is 134 Å². The summed E-state index contributed by atoms with van der Waals surface area (Å²) in [5, 5.41) is 3.93. The topological polar surface area (TPSA) is 51.8 Å². The van der Waals surface area contributed by atoms with Crippen LogP contribution in [0.4, 0.5) is 5.13 Å². The molecule has 0 saturated carbocycles. The average molecular weight is 309 g/mol. The molecule has 2 N–H and O–H groups in total. The quantitative estimate of drug-likeness (QED) is 0.723. The molecule has 1 aliphatic carbocycles. The minimum Gasteiger partial charge on any atom is -0.375 e. The predicted molar refractivity (Wildman–Crippen MR) is 93.4 cm³/mol. The number of thiazole rings is 1. The van der Waals surface area contributed by atoms with Crippen molar-refractivity contribution in [3.05, 3.63) is 39.9 Å².